The molecule has 3 heterocycles. The highest BCUT2D eigenvalue weighted by Gasteiger charge is 2.42. The molecule has 1 saturated carbocycles. The third kappa shape index (κ3) is 4.27. The van der Waals surface area contributed by atoms with E-state index in [1.165, 1.54) is 12.8 Å². The molecule has 7 nitrogen and oxygen atoms in total. The summed E-state index contributed by atoms with van der Waals surface area (Å²) in [4.78, 5) is 15.2. The van der Waals surface area contributed by atoms with Crippen molar-refractivity contribution in [3.05, 3.63) is 42.0 Å². The van der Waals surface area contributed by atoms with Crippen LogP contribution in [0.2, 0.25) is 0 Å². The van der Waals surface area contributed by atoms with Crippen molar-refractivity contribution in [2.75, 3.05) is 18.1 Å². The molecule has 0 spiro atoms. The quantitative estimate of drug-likeness (QED) is 0.637. The van der Waals surface area contributed by atoms with Crippen molar-refractivity contribution in [3.63, 3.8) is 0 Å². The normalized spacial score (nSPS) is 25.3. The summed E-state index contributed by atoms with van der Waals surface area (Å²) in [5.41, 5.74) is 4.25. The fraction of sp³-hybridized carbons (Fsp3) is 0.640. The highest BCUT2D eigenvalue weighted by molar-refractivity contribution is 5.82. The van der Waals surface area contributed by atoms with Gasteiger partial charge in [0.05, 0.1) is 12.2 Å². The van der Waals surface area contributed by atoms with E-state index in [4.69, 9.17) is 0 Å². The zero-order valence-corrected chi connectivity index (χ0v) is 19.6. The van der Waals surface area contributed by atoms with Gasteiger partial charge in [-0.1, -0.05) is 32.0 Å². The number of rotatable bonds is 8. The largest absolute Gasteiger partial charge is 0.312 e. The molecule has 0 unspecified atom stereocenters. The maximum Gasteiger partial charge on any atom is 0.241 e. The molecule has 0 radical (unpaired) electrons. The van der Waals surface area contributed by atoms with Crippen LogP contribution >= 0.6 is 0 Å². The summed E-state index contributed by atoms with van der Waals surface area (Å²) >= 11 is 0. The molecule has 1 amide bonds. The molecule has 32 heavy (non-hydrogen) atoms. The van der Waals surface area contributed by atoms with E-state index < -0.39 is 0 Å². The summed E-state index contributed by atoms with van der Waals surface area (Å²) in [7, 11) is 0. The van der Waals surface area contributed by atoms with Crippen LogP contribution in [0, 0.1) is 12.8 Å². The first-order chi connectivity index (χ1) is 15.5. The van der Waals surface area contributed by atoms with Crippen LogP contribution in [0.25, 0.3) is 0 Å². The van der Waals surface area contributed by atoms with Gasteiger partial charge in [-0.2, -0.15) is 0 Å². The number of aromatic nitrogens is 3. The Morgan fingerprint density at radius 1 is 1.06 bits per heavy atom. The van der Waals surface area contributed by atoms with Gasteiger partial charge in [0.1, 0.15) is 11.6 Å². The number of benzene rings is 1. The van der Waals surface area contributed by atoms with Gasteiger partial charge in [0, 0.05) is 36.5 Å². The Kier molecular flexibility index (Phi) is 5.93. The molecule has 2 aliphatic heterocycles. The maximum atomic E-state index is 12.5. The smallest absolute Gasteiger partial charge is 0.241 e. The molecular weight excluding hydrogens is 400 g/mol. The number of carbonyl (C=O) groups excluding carboxylic acids is 1. The van der Waals surface area contributed by atoms with E-state index in [0.29, 0.717) is 24.0 Å². The van der Waals surface area contributed by atoms with Crippen molar-refractivity contribution in [1.82, 2.24) is 25.1 Å². The topological polar surface area (TPSA) is 66.3 Å². The molecule has 7 heteroatoms. The number of piperidine rings is 1. The zero-order valence-electron chi connectivity index (χ0n) is 19.6. The maximum absolute atomic E-state index is 12.5. The molecule has 3 fully saturated rings. The number of hydrogen-bond donors (Lipinski definition) is 1. The monoisotopic (exact) mass is 436 g/mol. The van der Waals surface area contributed by atoms with E-state index >= 15 is 0 Å². The minimum atomic E-state index is 0.167. The van der Waals surface area contributed by atoms with E-state index in [9.17, 15) is 4.79 Å². The second-order valence-electron chi connectivity index (χ2n) is 10.1. The lowest BCUT2D eigenvalue weighted by Crippen LogP contribution is -2.51. The third-order valence-electron chi connectivity index (χ3n) is 7.48. The molecular formula is C25H36N6O. The SMILES string of the molecule is Cc1nnc(C(C)C)n1C1C[C@H]2CC[C@H](C1)N2CCN(NC(=O)C1CC1)c1ccccc1. The summed E-state index contributed by atoms with van der Waals surface area (Å²) in [6.45, 7) is 8.28. The molecule has 1 aromatic heterocycles. The van der Waals surface area contributed by atoms with Crippen LogP contribution in [0.5, 0.6) is 0 Å². The van der Waals surface area contributed by atoms with Gasteiger partial charge in [-0.05, 0) is 57.6 Å². The number of amides is 1. The van der Waals surface area contributed by atoms with E-state index in [1.807, 2.05) is 18.2 Å². The van der Waals surface area contributed by atoms with Crippen molar-refractivity contribution in [2.24, 2.45) is 5.92 Å². The minimum absolute atomic E-state index is 0.167. The Hall–Kier alpha value is -2.41. The number of hydrazine groups is 1. The van der Waals surface area contributed by atoms with Gasteiger partial charge in [-0.3, -0.25) is 20.1 Å². The molecule has 2 bridgehead atoms. The van der Waals surface area contributed by atoms with Gasteiger partial charge in [-0.15, -0.1) is 10.2 Å². The Labute approximate surface area is 191 Å². The highest BCUT2D eigenvalue weighted by atomic mass is 16.2. The number of aryl methyl sites for hydroxylation is 1. The van der Waals surface area contributed by atoms with Crippen LogP contribution in [-0.4, -0.2) is 50.7 Å². The highest BCUT2D eigenvalue weighted by Crippen LogP contribution is 2.42. The standard InChI is InChI=1S/C25H36N6O/c1-17(2)24-27-26-18(3)31(24)23-15-21-11-12-22(16-23)29(21)13-14-30(20-7-5-4-6-8-20)28-25(32)19-9-10-19/h4-8,17,19,21-23H,9-16H2,1-3H3,(H,28,32)/t21-,22-/m1/s1. The molecule has 1 N–H and O–H groups in total. The summed E-state index contributed by atoms with van der Waals surface area (Å²) in [6, 6.07) is 11.9. The third-order valence-corrected chi connectivity index (χ3v) is 7.48. The fourth-order valence-corrected chi connectivity index (χ4v) is 5.69. The predicted molar refractivity (Wildman–Crippen MR) is 125 cm³/mol. The second kappa shape index (κ2) is 8.85. The number of fused-ring (bicyclic) bond motifs is 2. The van der Waals surface area contributed by atoms with Gasteiger partial charge in [0.15, 0.2) is 0 Å². The molecule has 5 rings (SSSR count). The fourth-order valence-electron chi connectivity index (χ4n) is 5.69. The van der Waals surface area contributed by atoms with Crippen LogP contribution in [0.3, 0.4) is 0 Å². The van der Waals surface area contributed by atoms with Gasteiger partial charge < -0.3 is 4.57 Å². The average molecular weight is 437 g/mol. The Bertz CT molecular complexity index is 923. The second-order valence-corrected chi connectivity index (χ2v) is 10.1. The summed E-state index contributed by atoms with van der Waals surface area (Å²) in [5, 5.41) is 10.9. The van der Waals surface area contributed by atoms with Crippen LogP contribution < -0.4 is 10.4 Å². The van der Waals surface area contributed by atoms with E-state index in [2.05, 4.69) is 63.0 Å². The lowest BCUT2D eigenvalue weighted by Gasteiger charge is -2.41. The first-order valence-corrected chi connectivity index (χ1v) is 12.3. The van der Waals surface area contributed by atoms with Gasteiger partial charge >= 0.3 is 0 Å². The minimum Gasteiger partial charge on any atom is -0.312 e. The van der Waals surface area contributed by atoms with Crippen molar-refractivity contribution in [3.8, 4) is 0 Å². The first kappa shape index (κ1) is 21.4. The molecule has 2 atom stereocenters. The lowest BCUT2D eigenvalue weighted by atomic mass is 9.96. The van der Waals surface area contributed by atoms with E-state index in [-0.39, 0.29) is 11.8 Å². The summed E-state index contributed by atoms with van der Waals surface area (Å²) < 4.78 is 2.42. The zero-order chi connectivity index (χ0) is 22.2. The molecule has 2 saturated heterocycles. The number of nitrogens with zero attached hydrogens (tertiary/aromatic N) is 5. The Balaban J connectivity index is 1.26. The average Bonchev–Trinajstić information content (AvgIpc) is 3.53. The number of anilines is 1. The number of carbonyl (C=O) groups is 1. The molecule has 172 valence electrons. The molecule has 2 aromatic rings. The number of para-hydroxylation sites is 1. The van der Waals surface area contributed by atoms with Gasteiger partial charge in [0.2, 0.25) is 5.91 Å². The molecule has 3 aliphatic rings. The lowest BCUT2D eigenvalue weighted by molar-refractivity contribution is -0.122. The van der Waals surface area contributed by atoms with Crippen LogP contribution in [0.1, 0.15) is 76.0 Å². The van der Waals surface area contributed by atoms with E-state index in [0.717, 1.165) is 56.1 Å². The van der Waals surface area contributed by atoms with E-state index in [1.54, 1.807) is 0 Å². The number of nitrogens with one attached hydrogen (secondary N) is 1. The van der Waals surface area contributed by atoms with Crippen molar-refractivity contribution in [1.29, 1.82) is 0 Å². The Morgan fingerprint density at radius 3 is 2.38 bits per heavy atom. The van der Waals surface area contributed by atoms with Gasteiger partial charge in [0.25, 0.3) is 0 Å². The van der Waals surface area contributed by atoms with Crippen LogP contribution in [0.4, 0.5) is 5.69 Å². The molecule has 1 aliphatic carbocycles. The van der Waals surface area contributed by atoms with Crippen molar-refractivity contribution in [2.45, 2.75) is 83.3 Å². The first-order valence-electron chi connectivity index (χ1n) is 12.3. The van der Waals surface area contributed by atoms with Crippen LogP contribution in [0.15, 0.2) is 30.3 Å². The molecule has 1 aromatic carbocycles. The Morgan fingerprint density at radius 2 is 1.75 bits per heavy atom. The summed E-state index contributed by atoms with van der Waals surface area (Å²) in [6.07, 6.45) is 6.89. The predicted octanol–water partition coefficient (Wildman–Crippen LogP) is 3.83. The van der Waals surface area contributed by atoms with Crippen molar-refractivity contribution >= 4 is 11.6 Å². The van der Waals surface area contributed by atoms with Crippen LogP contribution in [-0.2, 0) is 4.79 Å². The summed E-state index contributed by atoms with van der Waals surface area (Å²) in [5.74, 6) is 2.93. The van der Waals surface area contributed by atoms with Crippen molar-refractivity contribution < 1.29 is 4.79 Å². The van der Waals surface area contributed by atoms with Gasteiger partial charge in [-0.25, -0.2) is 0 Å². The number of hydrogen-bond acceptors (Lipinski definition) is 5.